The number of methoxy groups -OCH3 is 1. The first-order valence-corrected chi connectivity index (χ1v) is 10.5. The minimum atomic E-state index is -0.569. The van der Waals surface area contributed by atoms with Crippen LogP contribution in [0.4, 0.5) is 10.1 Å². The normalized spacial score (nSPS) is 17.7. The molecule has 0 saturated heterocycles. The molecule has 3 aromatic rings. The Labute approximate surface area is 181 Å². The number of amides is 1. The highest BCUT2D eigenvalue weighted by Gasteiger charge is 2.38. The third-order valence-corrected chi connectivity index (χ3v) is 6.24. The Kier molecular flexibility index (Phi) is 5.83. The van der Waals surface area contributed by atoms with Crippen molar-refractivity contribution in [1.29, 1.82) is 0 Å². The molecule has 2 atom stereocenters. The van der Waals surface area contributed by atoms with Crippen molar-refractivity contribution in [1.82, 2.24) is 14.9 Å². The average Bonchev–Trinajstić information content (AvgIpc) is 3.16. The molecule has 4 rings (SSSR count). The largest absolute Gasteiger partial charge is 0.495 e. The number of ether oxygens (including phenoxy) is 1. The molecule has 2 aromatic carbocycles. The first-order valence-electron chi connectivity index (χ1n) is 9.27. The van der Waals surface area contributed by atoms with Crippen LogP contribution in [0, 0.1) is 5.82 Å². The molecule has 2 N–H and O–H groups in total. The molecule has 0 radical (unpaired) electrons. The van der Waals surface area contributed by atoms with Crippen LogP contribution in [-0.2, 0) is 11.2 Å². The van der Waals surface area contributed by atoms with E-state index in [1.807, 2.05) is 13.0 Å². The van der Waals surface area contributed by atoms with Crippen LogP contribution in [-0.4, -0.2) is 33.1 Å². The van der Waals surface area contributed by atoms with E-state index in [0.29, 0.717) is 28.0 Å². The van der Waals surface area contributed by atoms with Crippen LogP contribution in [0.15, 0.2) is 47.6 Å². The summed E-state index contributed by atoms with van der Waals surface area (Å²) in [7, 11) is 1.55. The van der Waals surface area contributed by atoms with Crippen LogP contribution in [0.3, 0.4) is 0 Å². The maximum Gasteiger partial charge on any atom is 0.240 e. The van der Waals surface area contributed by atoms with Crippen LogP contribution in [0.5, 0.6) is 5.75 Å². The molecular weight excluding hydrogens is 429 g/mol. The van der Waals surface area contributed by atoms with Crippen LogP contribution < -0.4 is 15.5 Å². The van der Waals surface area contributed by atoms with E-state index < -0.39 is 11.3 Å². The predicted octanol–water partition coefficient (Wildman–Crippen LogP) is 4.04. The van der Waals surface area contributed by atoms with E-state index in [1.54, 1.807) is 23.9 Å². The number of thioether (sulfide) groups is 1. The van der Waals surface area contributed by atoms with E-state index in [9.17, 15) is 9.18 Å². The molecule has 0 unspecified atom stereocenters. The number of benzene rings is 2. The summed E-state index contributed by atoms with van der Waals surface area (Å²) in [6.07, 6.45) is 0.684. The molecule has 1 aliphatic heterocycles. The van der Waals surface area contributed by atoms with Gasteiger partial charge in [-0.05, 0) is 42.0 Å². The van der Waals surface area contributed by atoms with Gasteiger partial charge in [0, 0.05) is 12.1 Å². The topological polar surface area (TPSA) is 81.1 Å². The number of aryl methyl sites for hydroxylation is 1. The van der Waals surface area contributed by atoms with E-state index in [-0.39, 0.29) is 11.7 Å². The van der Waals surface area contributed by atoms with Crippen LogP contribution in [0.25, 0.3) is 0 Å². The van der Waals surface area contributed by atoms with E-state index >= 15 is 0 Å². The summed E-state index contributed by atoms with van der Waals surface area (Å²) in [5, 5.41) is 11.7. The molecule has 7 nitrogen and oxygen atoms in total. The van der Waals surface area contributed by atoms with Gasteiger partial charge in [0.25, 0.3) is 0 Å². The van der Waals surface area contributed by atoms with Gasteiger partial charge in [-0.15, -0.1) is 10.2 Å². The maximum absolute atomic E-state index is 13.2. The molecular formula is C20H19ClFN5O2S. The fraction of sp³-hybridized carbons (Fsp3) is 0.250. The third kappa shape index (κ3) is 3.95. The number of halogens is 2. The summed E-state index contributed by atoms with van der Waals surface area (Å²) in [5.41, 5.74) is 4.68. The summed E-state index contributed by atoms with van der Waals surface area (Å²) in [5.74, 6) is 0.700. The summed E-state index contributed by atoms with van der Waals surface area (Å²) in [6, 6.07) is 10.6. The van der Waals surface area contributed by atoms with Gasteiger partial charge in [-0.3, -0.25) is 4.79 Å². The van der Waals surface area contributed by atoms with Crippen molar-refractivity contribution in [2.24, 2.45) is 0 Å². The molecule has 0 bridgehead atoms. The average molecular weight is 448 g/mol. The number of nitrogens with zero attached hydrogens (tertiary/aromatic N) is 3. The lowest BCUT2D eigenvalue weighted by Gasteiger charge is -2.33. The van der Waals surface area contributed by atoms with Gasteiger partial charge in [0.2, 0.25) is 11.1 Å². The quantitative estimate of drug-likeness (QED) is 0.614. The van der Waals surface area contributed by atoms with Crippen molar-refractivity contribution in [3.63, 3.8) is 0 Å². The Bertz CT molecular complexity index is 1080. The zero-order valence-corrected chi connectivity index (χ0v) is 17.8. The summed E-state index contributed by atoms with van der Waals surface area (Å²) >= 11 is 7.64. The highest BCUT2D eigenvalue weighted by Crippen LogP contribution is 2.39. The van der Waals surface area contributed by atoms with Crippen LogP contribution >= 0.6 is 23.4 Å². The number of carbonyl (C=O) groups excluding carboxylic acids is 1. The van der Waals surface area contributed by atoms with Crippen molar-refractivity contribution in [3.05, 3.63) is 64.7 Å². The second-order valence-corrected chi connectivity index (χ2v) is 8.14. The Balaban J connectivity index is 1.68. The van der Waals surface area contributed by atoms with Crippen molar-refractivity contribution < 1.29 is 13.9 Å². The fourth-order valence-electron chi connectivity index (χ4n) is 3.20. The lowest BCUT2D eigenvalue weighted by atomic mass is 10.0. The van der Waals surface area contributed by atoms with E-state index in [1.165, 1.54) is 36.0 Å². The first-order chi connectivity index (χ1) is 14.5. The second kappa shape index (κ2) is 8.53. The monoisotopic (exact) mass is 447 g/mol. The van der Waals surface area contributed by atoms with Crippen molar-refractivity contribution in [2.75, 3.05) is 17.9 Å². The number of nitrogens with one attached hydrogen (secondary N) is 2. The molecule has 10 heteroatoms. The van der Waals surface area contributed by atoms with E-state index in [4.69, 9.17) is 16.3 Å². The van der Waals surface area contributed by atoms with Crippen molar-refractivity contribution >= 4 is 35.0 Å². The second-order valence-electron chi connectivity index (χ2n) is 6.62. The van der Waals surface area contributed by atoms with E-state index in [0.717, 1.165) is 11.4 Å². The molecule has 1 aromatic heterocycles. The molecule has 0 saturated carbocycles. The predicted molar refractivity (Wildman–Crippen MR) is 114 cm³/mol. The zero-order valence-electron chi connectivity index (χ0n) is 16.2. The minimum Gasteiger partial charge on any atom is -0.495 e. The van der Waals surface area contributed by atoms with Crippen LogP contribution in [0.1, 0.15) is 24.4 Å². The van der Waals surface area contributed by atoms with Gasteiger partial charge in [-0.2, -0.15) is 0 Å². The molecule has 0 aliphatic carbocycles. The Hall–Kier alpha value is -2.78. The summed E-state index contributed by atoms with van der Waals surface area (Å²) in [4.78, 5) is 13.1. The Morgan fingerprint density at radius 3 is 2.73 bits per heavy atom. The smallest absolute Gasteiger partial charge is 0.240 e. The SMILES string of the molecule is CCc1nnc2n1N[C@H](c1ccc(OC)c(Cl)c1)[C@@H](C(=O)Nc1ccc(F)cc1)S2. The molecule has 1 aliphatic rings. The standard InChI is InChI=1S/C20H19ClFN5O2S/c1-3-16-24-25-20-27(16)26-17(11-4-9-15(29-2)14(21)10-11)18(30-20)19(28)23-13-7-5-12(22)6-8-13/h4-10,17-18,26H,3H2,1-2H3,(H,23,28)/t17-,18+/m1/s1. The highest BCUT2D eigenvalue weighted by atomic mass is 35.5. The number of hydrogen-bond donors (Lipinski definition) is 2. The first kappa shape index (κ1) is 20.5. The summed E-state index contributed by atoms with van der Waals surface area (Å²) in [6.45, 7) is 1.98. The Morgan fingerprint density at radius 2 is 2.07 bits per heavy atom. The lowest BCUT2D eigenvalue weighted by molar-refractivity contribution is -0.116. The van der Waals surface area contributed by atoms with Gasteiger partial charge in [0.1, 0.15) is 16.8 Å². The van der Waals surface area contributed by atoms with Crippen molar-refractivity contribution in [3.8, 4) is 5.75 Å². The van der Waals surface area contributed by atoms with Crippen molar-refractivity contribution in [2.45, 2.75) is 29.8 Å². The highest BCUT2D eigenvalue weighted by molar-refractivity contribution is 8.00. The molecule has 30 heavy (non-hydrogen) atoms. The number of rotatable bonds is 5. The number of fused-ring (bicyclic) bond motifs is 1. The fourth-order valence-corrected chi connectivity index (χ4v) is 4.57. The molecule has 0 spiro atoms. The Morgan fingerprint density at radius 1 is 1.30 bits per heavy atom. The maximum atomic E-state index is 13.2. The molecule has 156 valence electrons. The third-order valence-electron chi connectivity index (χ3n) is 4.73. The van der Waals surface area contributed by atoms with Gasteiger partial charge in [0.05, 0.1) is 18.2 Å². The van der Waals surface area contributed by atoms with Gasteiger partial charge in [0.15, 0.2) is 5.82 Å². The van der Waals surface area contributed by atoms with Crippen LogP contribution in [0.2, 0.25) is 5.02 Å². The lowest BCUT2D eigenvalue weighted by Crippen LogP contribution is -2.41. The van der Waals surface area contributed by atoms with E-state index in [2.05, 4.69) is 20.9 Å². The molecule has 1 amide bonds. The number of anilines is 1. The number of aromatic nitrogens is 3. The minimum absolute atomic E-state index is 0.247. The molecule has 2 heterocycles. The summed E-state index contributed by atoms with van der Waals surface area (Å²) < 4.78 is 20.2. The molecule has 0 fully saturated rings. The van der Waals surface area contributed by atoms with Gasteiger partial charge in [-0.25, -0.2) is 9.07 Å². The number of carbonyl (C=O) groups is 1. The van der Waals surface area contributed by atoms with Gasteiger partial charge in [-0.1, -0.05) is 36.4 Å². The van der Waals surface area contributed by atoms with Gasteiger partial charge < -0.3 is 15.5 Å². The zero-order chi connectivity index (χ0) is 21.3. The van der Waals surface area contributed by atoms with Gasteiger partial charge >= 0.3 is 0 Å². The number of hydrogen-bond acceptors (Lipinski definition) is 6.